The number of rotatable bonds is 1. The van der Waals surface area contributed by atoms with Crippen LogP contribution in [0.5, 0.6) is 0 Å². The SMILES string of the molecule is CC1=CC=C2C[C@](O)(c3nc(C)c(C)s3)CC[C@@]12C. The summed E-state index contributed by atoms with van der Waals surface area (Å²) in [6.45, 7) is 8.60. The molecule has 2 atom stereocenters. The number of aliphatic hydroxyl groups is 1. The van der Waals surface area contributed by atoms with Crippen LogP contribution in [-0.2, 0) is 5.60 Å². The predicted octanol–water partition coefficient (Wildman–Crippen LogP) is 4.02. The van der Waals surface area contributed by atoms with Crippen LogP contribution in [0.4, 0.5) is 0 Å². The van der Waals surface area contributed by atoms with Crippen LogP contribution in [-0.4, -0.2) is 10.1 Å². The van der Waals surface area contributed by atoms with Gasteiger partial charge in [-0.05, 0) is 33.6 Å². The zero-order valence-corrected chi connectivity index (χ0v) is 12.9. The van der Waals surface area contributed by atoms with Crippen LogP contribution in [0.1, 0.15) is 48.7 Å². The number of fused-ring (bicyclic) bond motifs is 1. The molecule has 0 saturated heterocycles. The molecule has 1 aromatic heterocycles. The smallest absolute Gasteiger partial charge is 0.125 e. The highest BCUT2D eigenvalue weighted by atomic mass is 32.1. The molecule has 1 N–H and O–H groups in total. The number of aryl methyl sites for hydroxylation is 2. The van der Waals surface area contributed by atoms with Gasteiger partial charge in [0.15, 0.2) is 0 Å². The predicted molar refractivity (Wildman–Crippen MR) is 79.3 cm³/mol. The van der Waals surface area contributed by atoms with Crippen molar-refractivity contribution >= 4 is 11.3 Å². The van der Waals surface area contributed by atoms with Crippen molar-refractivity contribution in [1.29, 1.82) is 0 Å². The minimum absolute atomic E-state index is 0.174. The summed E-state index contributed by atoms with van der Waals surface area (Å²) in [4.78, 5) is 5.80. The minimum Gasteiger partial charge on any atom is -0.382 e. The summed E-state index contributed by atoms with van der Waals surface area (Å²) < 4.78 is 0. The first-order valence-electron chi connectivity index (χ1n) is 6.90. The molecule has 0 aromatic carbocycles. The van der Waals surface area contributed by atoms with Gasteiger partial charge in [-0.1, -0.05) is 30.2 Å². The van der Waals surface area contributed by atoms with Crippen molar-refractivity contribution in [3.05, 3.63) is 38.9 Å². The maximum Gasteiger partial charge on any atom is 0.125 e. The first-order valence-corrected chi connectivity index (χ1v) is 7.72. The fourth-order valence-electron chi connectivity index (χ4n) is 3.17. The van der Waals surface area contributed by atoms with Gasteiger partial charge < -0.3 is 5.11 Å². The van der Waals surface area contributed by atoms with E-state index in [1.165, 1.54) is 16.0 Å². The first-order chi connectivity index (χ1) is 8.85. The molecule has 102 valence electrons. The second kappa shape index (κ2) is 4.03. The Hall–Kier alpha value is -0.930. The van der Waals surface area contributed by atoms with Crippen molar-refractivity contribution in [2.75, 3.05) is 0 Å². The lowest BCUT2D eigenvalue weighted by molar-refractivity contribution is -0.00140. The van der Waals surface area contributed by atoms with Gasteiger partial charge in [-0.25, -0.2) is 4.98 Å². The van der Waals surface area contributed by atoms with Crippen molar-refractivity contribution in [3.63, 3.8) is 0 Å². The van der Waals surface area contributed by atoms with E-state index in [1.807, 2.05) is 6.92 Å². The van der Waals surface area contributed by atoms with Crippen LogP contribution >= 0.6 is 11.3 Å². The average Bonchev–Trinajstić information content (AvgIpc) is 2.84. The van der Waals surface area contributed by atoms with E-state index in [2.05, 4.69) is 37.9 Å². The second-order valence-electron chi connectivity index (χ2n) is 6.24. The summed E-state index contributed by atoms with van der Waals surface area (Å²) in [7, 11) is 0. The molecule has 3 rings (SSSR count). The molecule has 2 aliphatic carbocycles. The van der Waals surface area contributed by atoms with Gasteiger partial charge in [-0.15, -0.1) is 11.3 Å². The van der Waals surface area contributed by atoms with Crippen LogP contribution in [0.2, 0.25) is 0 Å². The average molecular weight is 275 g/mol. The molecule has 3 heteroatoms. The number of hydrogen-bond donors (Lipinski definition) is 1. The summed E-state index contributed by atoms with van der Waals surface area (Å²) in [6.07, 6.45) is 6.95. The number of aromatic nitrogens is 1. The molecule has 0 bridgehead atoms. The van der Waals surface area contributed by atoms with Crippen LogP contribution in [0.3, 0.4) is 0 Å². The van der Waals surface area contributed by atoms with E-state index in [1.54, 1.807) is 11.3 Å². The third-order valence-corrected chi connectivity index (χ3v) is 6.33. The highest BCUT2D eigenvalue weighted by Gasteiger charge is 2.46. The van der Waals surface area contributed by atoms with Crippen LogP contribution in [0.25, 0.3) is 0 Å². The van der Waals surface area contributed by atoms with E-state index >= 15 is 0 Å². The van der Waals surface area contributed by atoms with Crippen LogP contribution in [0, 0.1) is 19.3 Å². The number of nitrogens with zero attached hydrogens (tertiary/aromatic N) is 1. The Labute approximate surface area is 118 Å². The number of thiazole rings is 1. The third kappa shape index (κ3) is 1.83. The molecule has 1 fully saturated rings. The maximum absolute atomic E-state index is 11.0. The maximum atomic E-state index is 11.0. The van der Waals surface area contributed by atoms with Gasteiger partial charge in [0.25, 0.3) is 0 Å². The molecule has 2 nitrogen and oxygen atoms in total. The van der Waals surface area contributed by atoms with E-state index in [4.69, 9.17) is 0 Å². The van der Waals surface area contributed by atoms with Crippen LogP contribution in [0.15, 0.2) is 23.3 Å². The molecule has 0 radical (unpaired) electrons. The summed E-state index contributed by atoms with van der Waals surface area (Å²) in [6, 6.07) is 0. The fraction of sp³-hybridized carbons (Fsp3) is 0.562. The lowest BCUT2D eigenvalue weighted by Gasteiger charge is -2.42. The highest BCUT2D eigenvalue weighted by Crippen LogP contribution is 2.54. The zero-order valence-electron chi connectivity index (χ0n) is 12.1. The summed E-state index contributed by atoms with van der Waals surface area (Å²) in [5.41, 5.74) is 3.26. The zero-order chi connectivity index (χ0) is 13.8. The highest BCUT2D eigenvalue weighted by molar-refractivity contribution is 7.11. The Morgan fingerprint density at radius 1 is 1.21 bits per heavy atom. The lowest BCUT2D eigenvalue weighted by Crippen LogP contribution is -2.37. The standard InChI is InChI=1S/C16H21NOS/c1-10-5-6-13-9-16(18,8-7-15(10,13)4)14-17-11(2)12(3)19-14/h5-6,18H,7-9H2,1-4H3/t15-,16-/m0/s1. The lowest BCUT2D eigenvalue weighted by atomic mass is 9.65. The third-order valence-electron chi connectivity index (χ3n) is 5.06. The number of hydrogen-bond acceptors (Lipinski definition) is 3. The Morgan fingerprint density at radius 2 is 1.95 bits per heavy atom. The molecule has 0 unspecified atom stereocenters. The topological polar surface area (TPSA) is 33.1 Å². The molecule has 1 heterocycles. The van der Waals surface area contributed by atoms with Gasteiger partial charge in [0.1, 0.15) is 10.6 Å². The molecule has 19 heavy (non-hydrogen) atoms. The van der Waals surface area contributed by atoms with Gasteiger partial charge in [0, 0.05) is 16.7 Å². The number of allylic oxidation sites excluding steroid dienone is 3. The van der Waals surface area contributed by atoms with Crippen molar-refractivity contribution < 1.29 is 5.11 Å². The summed E-state index contributed by atoms with van der Waals surface area (Å²) >= 11 is 1.65. The van der Waals surface area contributed by atoms with E-state index in [-0.39, 0.29) is 5.41 Å². The fourth-order valence-corrected chi connectivity index (χ4v) is 4.20. The first kappa shape index (κ1) is 13.1. The minimum atomic E-state index is -0.756. The molecule has 2 aliphatic rings. The van der Waals surface area contributed by atoms with E-state index < -0.39 is 5.60 Å². The molecule has 0 spiro atoms. The monoisotopic (exact) mass is 275 g/mol. The molecule has 1 saturated carbocycles. The largest absolute Gasteiger partial charge is 0.382 e. The van der Waals surface area contributed by atoms with Gasteiger partial charge in [0.2, 0.25) is 0 Å². The molecule has 0 amide bonds. The Balaban J connectivity index is 1.93. The summed E-state index contributed by atoms with van der Waals surface area (Å²) in [5, 5.41) is 11.9. The normalized spacial score (nSPS) is 33.9. The van der Waals surface area contributed by atoms with Gasteiger partial charge >= 0.3 is 0 Å². The molecular weight excluding hydrogens is 254 g/mol. The Kier molecular flexibility index (Phi) is 2.77. The van der Waals surface area contributed by atoms with Crippen molar-refractivity contribution in [2.45, 2.75) is 52.6 Å². The van der Waals surface area contributed by atoms with Gasteiger partial charge in [-0.2, -0.15) is 0 Å². The molecule has 0 aliphatic heterocycles. The van der Waals surface area contributed by atoms with Gasteiger partial charge in [0.05, 0.1) is 5.69 Å². The second-order valence-corrected chi connectivity index (χ2v) is 7.45. The van der Waals surface area contributed by atoms with E-state index in [0.717, 1.165) is 30.0 Å². The quantitative estimate of drug-likeness (QED) is 0.839. The Morgan fingerprint density at radius 3 is 2.58 bits per heavy atom. The van der Waals surface area contributed by atoms with E-state index in [0.29, 0.717) is 0 Å². The summed E-state index contributed by atoms with van der Waals surface area (Å²) in [5.74, 6) is 0. The van der Waals surface area contributed by atoms with Crippen LogP contribution < -0.4 is 0 Å². The van der Waals surface area contributed by atoms with Gasteiger partial charge in [-0.3, -0.25) is 0 Å². The molecular formula is C16H21NOS. The van der Waals surface area contributed by atoms with Crippen molar-refractivity contribution in [2.24, 2.45) is 5.41 Å². The molecule has 1 aromatic rings. The van der Waals surface area contributed by atoms with Crippen molar-refractivity contribution in [1.82, 2.24) is 4.98 Å². The van der Waals surface area contributed by atoms with Crippen molar-refractivity contribution in [3.8, 4) is 0 Å². The van der Waals surface area contributed by atoms with E-state index in [9.17, 15) is 5.11 Å². The Bertz CT molecular complexity index is 578.